The molecule has 2 aromatic rings. The number of para-hydroxylation sites is 1. The number of amides is 1. The van der Waals surface area contributed by atoms with Gasteiger partial charge in [-0.1, -0.05) is 18.2 Å². The number of hydrogen-bond donors (Lipinski definition) is 4. The third kappa shape index (κ3) is 6.18. The summed E-state index contributed by atoms with van der Waals surface area (Å²) < 4.78 is 10.5. The van der Waals surface area contributed by atoms with Crippen LogP contribution in [0.5, 0.6) is 11.8 Å². The third-order valence-electron chi connectivity index (χ3n) is 5.28. The van der Waals surface area contributed by atoms with E-state index in [1.165, 1.54) is 19.5 Å². The van der Waals surface area contributed by atoms with Crippen LogP contribution in [0.25, 0.3) is 0 Å². The van der Waals surface area contributed by atoms with E-state index in [1.54, 1.807) is 13.3 Å². The Bertz CT molecular complexity index is 1090. The van der Waals surface area contributed by atoms with Gasteiger partial charge in [0.15, 0.2) is 0 Å². The van der Waals surface area contributed by atoms with Crippen molar-refractivity contribution in [2.75, 3.05) is 20.8 Å². The van der Waals surface area contributed by atoms with Gasteiger partial charge in [-0.15, -0.1) is 0 Å². The van der Waals surface area contributed by atoms with Crippen molar-refractivity contribution in [1.29, 1.82) is 5.41 Å². The van der Waals surface area contributed by atoms with Gasteiger partial charge < -0.3 is 25.8 Å². The first-order valence-electron chi connectivity index (χ1n) is 10.8. The Kier molecular flexibility index (Phi) is 8.73. The number of methoxy groups -OCH3 is 1. The maximum absolute atomic E-state index is 10.4. The summed E-state index contributed by atoms with van der Waals surface area (Å²) in [6, 6.07) is 8.22. The van der Waals surface area contributed by atoms with Gasteiger partial charge in [-0.25, -0.2) is 15.0 Å². The van der Waals surface area contributed by atoms with E-state index in [2.05, 4.69) is 25.6 Å². The number of ether oxygens (including phenoxy) is 2. The van der Waals surface area contributed by atoms with Crippen LogP contribution < -0.4 is 25.8 Å². The molecule has 2 aliphatic heterocycles. The maximum atomic E-state index is 10.4. The first-order chi connectivity index (χ1) is 16.6. The molecule has 0 spiro atoms. The molecule has 5 N–H and O–H groups in total. The number of nitrogens with zero attached hydrogens (tertiary/aromatic N) is 3. The average Bonchev–Trinajstić information content (AvgIpc) is 3.20. The number of carbonyl (C=O) groups excluding carboxylic acids is 1. The number of fused-ring (bicyclic) bond motifs is 1. The molecule has 3 heterocycles. The predicted octanol–water partition coefficient (Wildman–Crippen LogP) is 2.25. The number of benzene rings is 1. The number of carbonyl (C=O) groups is 1. The third-order valence-corrected chi connectivity index (χ3v) is 5.28. The van der Waals surface area contributed by atoms with Crippen molar-refractivity contribution >= 4 is 18.3 Å². The molecule has 1 unspecified atom stereocenters. The minimum Gasteiger partial charge on any atom is -0.493 e. The molecule has 1 amide bonds. The van der Waals surface area contributed by atoms with Gasteiger partial charge in [-0.3, -0.25) is 10.2 Å². The summed E-state index contributed by atoms with van der Waals surface area (Å²) in [5.41, 5.74) is 9.03. The summed E-state index contributed by atoms with van der Waals surface area (Å²) in [4.78, 5) is 22.6. The van der Waals surface area contributed by atoms with Crippen molar-refractivity contribution in [1.82, 2.24) is 20.6 Å². The van der Waals surface area contributed by atoms with E-state index in [0.29, 0.717) is 23.3 Å². The topological polar surface area (TPSA) is 148 Å². The van der Waals surface area contributed by atoms with Gasteiger partial charge in [0.1, 0.15) is 11.6 Å². The lowest BCUT2D eigenvalue weighted by Gasteiger charge is -2.14. The molecule has 10 nitrogen and oxygen atoms in total. The molecule has 4 rings (SSSR count). The second-order valence-corrected chi connectivity index (χ2v) is 7.44. The van der Waals surface area contributed by atoms with Crippen LogP contribution in [0.4, 0.5) is 0 Å². The average molecular weight is 464 g/mol. The van der Waals surface area contributed by atoms with Crippen molar-refractivity contribution in [3.63, 3.8) is 0 Å². The fraction of sp³-hybridized carbons (Fsp3) is 0.292. The lowest BCUT2D eigenvalue weighted by Crippen LogP contribution is -2.18. The molecule has 1 aromatic carbocycles. The number of nitrogens with one attached hydrogen (secondary N) is 3. The molecular weight excluding hydrogens is 434 g/mol. The van der Waals surface area contributed by atoms with E-state index in [1.807, 2.05) is 30.3 Å². The quantitative estimate of drug-likeness (QED) is 0.379. The van der Waals surface area contributed by atoms with Crippen molar-refractivity contribution in [2.24, 2.45) is 10.7 Å². The lowest BCUT2D eigenvalue weighted by atomic mass is 10.0. The fourth-order valence-electron chi connectivity index (χ4n) is 3.46. The summed E-state index contributed by atoms with van der Waals surface area (Å²) in [6.07, 6.45) is 9.71. The van der Waals surface area contributed by atoms with E-state index in [0.717, 1.165) is 43.0 Å². The molecule has 0 fully saturated rings. The van der Waals surface area contributed by atoms with Crippen molar-refractivity contribution in [3.8, 4) is 11.8 Å². The Morgan fingerprint density at radius 3 is 2.76 bits per heavy atom. The molecule has 1 aromatic heterocycles. The van der Waals surface area contributed by atoms with Gasteiger partial charge >= 0.3 is 6.01 Å². The molecule has 0 saturated carbocycles. The molecule has 34 heavy (non-hydrogen) atoms. The number of rotatable bonds is 6. The van der Waals surface area contributed by atoms with E-state index < -0.39 is 0 Å². The predicted molar refractivity (Wildman–Crippen MR) is 130 cm³/mol. The number of hydrogen-bond acceptors (Lipinski definition) is 9. The van der Waals surface area contributed by atoms with Crippen LogP contribution in [0.2, 0.25) is 0 Å². The van der Waals surface area contributed by atoms with Gasteiger partial charge in [0.2, 0.25) is 6.41 Å². The summed E-state index contributed by atoms with van der Waals surface area (Å²) in [7, 11) is 3.27. The zero-order valence-electron chi connectivity index (χ0n) is 19.2. The van der Waals surface area contributed by atoms with Gasteiger partial charge in [0.25, 0.3) is 0 Å². The molecule has 1 atom stereocenters. The first-order valence-corrected chi connectivity index (χ1v) is 10.8. The summed E-state index contributed by atoms with van der Waals surface area (Å²) in [5.74, 6) is 1.62. The molecule has 0 radical (unpaired) electrons. The first kappa shape index (κ1) is 24.4. The van der Waals surface area contributed by atoms with Crippen LogP contribution in [-0.2, 0) is 4.79 Å². The molecular formula is C24H29N7O3. The fourth-order valence-corrected chi connectivity index (χ4v) is 3.46. The van der Waals surface area contributed by atoms with Gasteiger partial charge in [0.05, 0.1) is 25.5 Å². The molecule has 0 aliphatic carbocycles. The summed E-state index contributed by atoms with van der Waals surface area (Å²) in [5, 5.41) is 14.0. The van der Waals surface area contributed by atoms with Crippen LogP contribution in [0.3, 0.4) is 0 Å². The highest BCUT2D eigenvalue weighted by Gasteiger charge is 2.18. The van der Waals surface area contributed by atoms with Crippen LogP contribution >= 0.6 is 0 Å². The number of aromatic nitrogens is 2. The highest BCUT2D eigenvalue weighted by Crippen LogP contribution is 2.30. The smallest absolute Gasteiger partial charge is 0.316 e. The highest BCUT2D eigenvalue weighted by molar-refractivity contribution is 6.23. The largest absolute Gasteiger partial charge is 0.493 e. The SMILES string of the molecule is CNC1=CCC(N)=C(C(=N)c2cnc(OC)nc2)C=N1.O=CNC1CCCOc2ccccc21. The maximum Gasteiger partial charge on any atom is 0.316 e. The Balaban J connectivity index is 0.000000202. The zero-order chi connectivity index (χ0) is 24.3. The van der Waals surface area contributed by atoms with Crippen molar-refractivity contribution in [3.05, 3.63) is 71.0 Å². The van der Waals surface area contributed by atoms with E-state index >= 15 is 0 Å². The summed E-state index contributed by atoms with van der Waals surface area (Å²) >= 11 is 0. The van der Waals surface area contributed by atoms with Crippen LogP contribution in [0, 0.1) is 5.41 Å². The highest BCUT2D eigenvalue weighted by atomic mass is 16.5. The monoisotopic (exact) mass is 463 g/mol. The molecule has 0 bridgehead atoms. The normalized spacial score (nSPS) is 16.9. The second-order valence-electron chi connectivity index (χ2n) is 7.44. The Labute approximate surface area is 198 Å². The van der Waals surface area contributed by atoms with Gasteiger partial charge in [0, 0.05) is 54.5 Å². The molecule has 10 heteroatoms. The summed E-state index contributed by atoms with van der Waals surface area (Å²) in [6.45, 7) is 0.730. The van der Waals surface area contributed by atoms with E-state index in [-0.39, 0.29) is 17.8 Å². The van der Waals surface area contributed by atoms with Crippen molar-refractivity contribution in [2.45, 2.75) is 25.3 Å². The van der Waals surface area contributed by atoms with Crippen LogP contribution in [0.1, 0.15) is 36.4 Å². The number of aliphatic imine (C=N–C) groups is 1. The van der Waals surface area contributed by atoms with E-state index in [9.17, 15) is 4.79 Å². The van der Waals surface area contributed by atoms with Gasteiger partial charge in [-0.05, 0) is 25.0 Å². The lowest BCUT2D eigenvalue weighted by molar-refractivity contribution is -0.110. The minimum absolute atomic E-state index is 0.103. The van der Waals surface area contributed by atoms with E-state index in [4.69, 9.17) is 20.6 Å². The Morgan fingerprint density at radius 2 is 2.06 bits per heavy atom. The second kappa shape index (κ2) is 12.1. The minimum atomic E-state index is 0.103. The Hall–Kier alpha value is -4.21. The van der Waals surface area contributed by atoms with Crippen LogP contribution in [-0.4, -0.2) is 49.1 Å². The standard InChI is InChI=1S/C13H16N6O.C11H13NO2/c1-16-11-4-3-10(14)9(7-17-11)12(15)8-5-18-13(20-2)19-6-8;13-8-12-10-5-3-7-14-11-6-2-1-4-9(10)11/h4-7,15-16H,3,14H2,1-2H3;1-2,4,6,8,10H,3,5,7H2,(H,12,13). The van der Waals surface area contributed by atoms with Crippen LogP contribution in [0.15, 0.2) is 64.8 Å². The molecule has 2 aliphatic rings. The number of allylic oxidation sites excluding steroid dienone is 2. The van der Waals surface area contributed by atoms with Gasteiger partial charge in [-0.2, -0.15) is 0 Å². The molecule has 0 saturated heterocycles. The molecule has 178 valence electrons. The number of nitrogens with two attached hydrogens (primary N) is 1. The van der Waals surface area contributed by atoms with Crippen molar-refractivity contribution < 1.29 is 14.3 Å². The Morgan fingerprint density at radius 1 is 1.29 bits per heavy atom. The zero-order valence-corrected chi connectivity index (χ0v) is 19.2.